The number of alkyl halides is 3. The van der Waals surface area contributed by atoms with Gasteiger partial charge in [0.25, 0.3) is 0 Å². The zero-order chi connectivity index (χ0) is 15.9. The molecule has 0 unspecified atom stereocenters. The van der Waals surface area contributed by atoms with Gasteiger partial charge in [-0.2, -0.15) is 0 Å². The van der Waals surface area contributed by atoms with Gasteiger partial charge >= 0.3 is 12.5 Å². The van der Waals surface area contributed by atoms with Gasteiger partial charge in [0.1, 0.15) is 5.75 Å². The second kappa shape index (κ2) is 5.26. The molecule has 8 heteroatoms. The number of hydrogen-bond acceptors (Lipinski definition) is 3. The van der Waals surface area contributed by atoms with Crippen molar-refractivity contribution in [1.82, 2.24) is 4.90 Å². The summed E-state index contributed by atoms with van der Waals surface area (Å²) in [5.74, 6) is 0.317. The summed E-state index contributed by atoms with van der Waals surface area (Å²) >= 11 is 0. The van der Waals surface area contributed by atoms with Gasteiger partial charge in [-0.25, -0.2) is 4.79 Å². The second-order valence-electron chi connectivity index (χ2n) is 5.65. The smallest absolute Gasteiger partial charge is 0.465 e. The summed E-state index contributed by atoms with van der Waals surface area (Å²) in [4.78, 5) is 14.4. The molecule has 120 valence electrons. The van der Waals surface area contributed by atoms with E-state index in [1.54, 1.807) is 12.1 Å². The van der Waals surface area contributed by atoms with Crippen LogP contribution in [0, 0.1) is 11.8 Å². The minimum absolute atomic E-state index is 0.243. The van der Waals surface area contributed by atoms with Gasteiger partial charge in [0.2, 0.25) is 0 Å². The molecule has 1 aromatic carbocycles. The Kier molecular flexibility index (Phi) is 3.54. The van der Waals surface area contributed by atoms with E-state index in [9.17, 15) is 18.0 Å². The minimum atomic E-state index is -4.69. The summed E-state index contributed by atoms with van der Waals surface area (Å²) in [7, 11) is 0. The average Bonchev–Trinajstić information content (AvgIpc) is 2.95. The highest BCUT2D eigenvalue weighted by atomic mass is 19.4. The molecule has 2 aliphatic heterocycles. The molecule has 3 rings (SSSR count). The zero-order valence-electron chi connectivity index (χ0n) is 11.6. The molecule has 1 amide bonds. The van der Waals surface area contributed by atoms with E-state index in [4.69, 9.17) is 5.11 Å². The van der Waals surface area contributed by atoms with Crippen LogP contribution in [0.4, 0.5) is 23.7 Å². The van der Waals surface area contributed by atoms with Crippen LogP contribution >= 0.6 is 0 Å². The van der Waals surface area contributed by atoms with Crippen LogP contribution < -0.4 is 9.64 Å². The highest BCUT2D eigenvalue weighted by Crippen LogP contribution is 2.34. The van der Waals surface area contributed by atoms with Crippen molar-refractivity contribution >= 4 is 11.8 Å². The predicted octanol–water partition coefficient (Wildman–Crippen LogP) is 2.63. The topological polar surface area (TPSA) is 53.0 Å². The molecule has 2 saturated heterocycles. The molecule has 1 N–H and O–H groups in total. The van der Waals surface area contributed by atoms with Crippen LogP contribution in [0.5, 0.6) is 5.75 Å². The lowest BCUT2D eigenvalue weighted by atomic mass is 10.0. The van der Waals surface area contributed by atoms with Crippen LogP contribution in [-0.2, 0) is 0 Å². The van der Waals surface area contributed by atoms with Gasteiger partial charge < -0.3 is 19.6 Å². The number of nitrogens with zero attached hydrogens (tertiary/aromatic N) is 2. The van der Waals surface area contributed by atoms with Crippen molar-refractivity contribution < 1.29 is 27.8 Å². The maximum Gasteiger partial charge on any atom is 0.573 e. The Balaban J connectivity index is 1.62. The predicted molar refractivity (Wildman–Crippen MR) is 71.9 cm³/mol. The third-order valence-electron chi connectivity index (χ3n) is 4.19. The molecule has 0 bridgehead atoms. The molecule has 2 aliphatic rings. The van der Waals surface area contributed by atoms with E-state index >= 15 is 0 Å². The summed E-state index contributed by atoms with van der Waals surface area (Å²) in [6, 6.07) is 5.77. The van der Waals surface area contributed by atoms with Crippen LogP contribution in [0.1, 0.15) is 0 Å². The van der Waals surface area contributed by atoms with Crippen molar-refractivity contribution in [1.29, 1.82) is 0 Å². The molecule has 0 spiro atoms. The number of fused-ring (bicyclic) bond motifs is 1. The lowest BCUT2D eigenvalue weighted by Crippen LogP contribution is -2.32. The summed E-state index contributed by atoms with van der Waals surface area (Å²) in [5, 5.41) is 8.98. The third-order valence-corrected chi connectivity index (χ3v) is 4.19. The standard InChI is InChI=1S/C14H15F3N2O3/c15-14(16,17)22-12-3-1-11(2-4-12)18-5-9-7-19(13(20)21)8-10(9)6-18/h1-4,9-10H,5-8H2,(H,20,21)/t9-,10-/m1/s1. The quantitative estimate of drug-likeness (QED) is 0.911. The second-order valence-corrected chi connectivity index (χ2v) is 5.65. The molecule has 0 radical (unpaired) electrons. The highest BCUT2D eigenvalue weighted by molar-refractivity contribution is 5.65. The zero-order valence-corrected chi connectivity index (χ0v) is 11.6. The molecular weight excluding hydrogens is 301 g/mol. The van der Waals surface area contributed by atoms with Gasteiger partial charge in [0, 0.05) is 43.7 Å². The van der Waals surface area contributed by atoms with E-state index in [0.29, 0.717) is 26.2 Å². The van der Waals surface area contributed by atoms with E-state index < -0.39 is 12.5 Å². The van der Waals surface area contributed by atoms with Crippen LogP contribution in [0.2, 0.25) is 0 Å². The van der Waals surface area contributed by atoms with Gasteiger partial charge in [-0.1, -0.05) is 0 Å². The van der Waals surface area contributed by atoms with Gasteiger partial charge in [-0.3, -0.25) is 0 Å². The number of halogens is 3. The number of ether oxygens (including phenoxy) is 1. The number of benzene rings is 1. The largest absolute Gasteiger partial charge is 0.573 e. The maximum atomic E-state index is 12.1. The number of carbonyl (C=O) groups is 1. The fourth-order valence-corrected chi connectivity index (χ4v) is 3.22. The average molecular weight is 316 g/mol. The minimum Gasteiger partial charge on any atom is -0.465 e. The molecule has 0 saturated carbocycles. The van der Waals surface area contributed by atoms with Crippen molar-refractivity contribution in [3.8, 4) is 5.75 Å². The molecule has 0 aliphatic carbocycles. The van der Waals surface area contributed by atoms with E-state index in [2.05, 4.69) is 9.64 Å². The number of likely N-dealkylation sites (tertiary alicyclic amines) is 1. The number of rotatable bonds is 2. The van der Waals surface area contributed by atoms with E-state index in [1.807, 2.05) is 0 Å². The molecule has 1 aromatic rings. The molecular formula is C14H15F3N2O3. The van der Waals surface area contributed by atoms with Crippen LogP contribution in [-0.4, -0.2) is 48.6 Å². The van der Waals surface area contributed by atoms with Crippen molar-refractivity contribution in [2.75, 3.05) is 31.1 Å². The molecule has 2 atom stereocenters. The Morgan fingerprint density at radius 1 is 1.09 bits per heavy atom. The molecule has 0 aromatic heterocycles. The normalized spacial score (nSPS) is 24.5. The van der Waals surface area contributed by atoms with E-state index in [-0.39, 0.29) is 17.6 Å². The van der Waals surface area contributed by atoms with Crippen molar-refractivity contribution in [2.24, 2.45) is 11.8 Å². The van der Waals surface area contributed by atoms with Crippen LogP contribution in [0.15, 0.2) is 24.3 Å². The first-order chi connectivity index (χ1) is 10.3. The lowest BCUT2D eigenvalue weighted by molar-refractivity contribution is -0.274. The fraction of sp³-hybridized carbons (Fsp3) is 0.500. The summed E-state index contributed by atoms with van der Waals surface area (Å²) < 4.78 is 40.2. The van der Waals surface area contributed by atoms with Gasteiger partial charge in [0.05, 0.1) is 0 Å². The Bertz CT molecular complexity index is 547. The first-order valence-electron chi connectivity index (χ1n) is 6.90. The molecule has 5 nitrogen and oxygen atoms in total. The van der Waals surface area contributed by atoms with Crippen molar-refractivity contribution in [3.63, 3.8) is 0 Å². The fourth-order valence-electron chi connectivity index (χ4n) is 3.22. The van der Waals surface area contributed by atoms with Crippen LogP contribution in [0.25, 0.3) is 0 Å². The highest BCUT2D eigenvalue weighted by Gasteiger charge is 2.41. The first kappa shape index (κ1) is 14.8. The van der Waals surface area contributed by atoms with Crippen molar-refractivity contribution in [3.05, 3.63) is 24.3 Å². The number of amides is 1. The Labute approximate surface area is 124 Å². The Morgan fingerprint density at radius 2 is 1.64 bits per heavy atom. The lowest BCUT2D eigenvalue weighted by Gasteiger charge is -2.22. The molecule has 2 heterocycles. The number of carboxylic acid groups (broad SMARTS) is 1. The Morgan fingerprint density at radius 3 is 2.09 bits per heavy atom. The number of hydrogen-bond donors (Lipinski definition) is 1. The van der Waals surface area contributed by atoms with Crippen molar-refractivity contribution in [2.45, 2.75) is 6.36 Å². The summed E-state index contributed by atoms with van der Waals surface area (Å²) in [6.45, 7) is 2.47. The van der Waals surface area contributed by atoms with Crippen LogP contribution in [0.3, 0.4) is 0 Å². The third kappa shape index (κ3) is 3.05. The van der Waals surface area contributed by atoms with Gasteiger partial charge in [0.15, 0.2) is 0 Å². The van der Waals surface area contributed by atoms with E-state index in [1.165, 1.54) is 17.0 Å². The first-order valence-corrected chi connectivity index (χ1v) is 6.90. The summed E-state index contributed by atoms with van der Waals surface area (Å²) in [6.07, 6.45) is -5.58. The molecule has 2 fully saturated rings. The maximum absolute atomic E-state index is 12.1. The SMILES string of the molecule is O=C(O)N1C[C@H]2CN(c3ccc(OC(F)(F)F)cc3)C[C@@H]2C1. The van der Waals surface area contributed by atoms with E-state index in [0.717, 1.165) is 5.69 Å². The summed E-state index contributed by atoms with van der Waals surface area (Å²) in [5.41, 5.74) is 0.825. The monoisotopic (exact) mass is 316 g/mol. The Hall–Kier alpha value is -2.12. The molecule has 22 heavy (non-hydrogen) atoms. The van der Waals surface area contributed by atoms with Gasteiger partial charge in [-0.05, 0) is 24.3 Å². The van der Waals surface area contributed by atoms with Gasteiger partial charge in [-0.15, -0.1) is 13.2 Å². The number of anilines is 1.